The van der Waals surface area contributed by atoms with Crippen molar-refractivity contribution >= 4 is 17.9 Å². The number of anilines is 1. The second-order valence-corrected chi connectivity index (χ2v) is 4.21. The van der Waals surface area contributed by atoms with Crippen molar-refractivity contribution in [2.75, 3.05) is 5.73 Å². The van der Waals surface area contributed by atoms with Crippen LogP contribution in [0, 0.1) is 10.1 Å². The SMILES string of the molecule is Nc1nc(C(F)(F)F)cc(=O)n1/N=C/c1ccccc1[N+](=O)[O-]. The quantitative estimate of drug-likeness (QED) is 0.522. The maximum absolute atomic E-state index is 12.5. The summed E-state index contributed by atoms with van der Waals surface area (Å²) in [4.78, 5) is 24.9. The van der Waals surface area contributed by atoms with E-state index >= 15 is 0 Å². The molecule has 0 aliphatic heterocycles. The first kappa shape index (κ1) is 16.1. The molecule has 0 fully saturated rings. The largest absolute Gasteiger partial charge is 0.433 e. The van der Waals surface area contributed by atoms with E-state index in [1.807, 2.05) is 0 Å². The second kappa shape index (κ2) is 5.87. The van der Waals surface area contributed by atoms with Crippen molar-refractivity contribution < 1.29 is 18.1 Å². The first-order valence-corrected chi connectivity index (χ1v) is 5.94. The summed E-state index contributed by atoms with van der Waals surface area (Å²) in [7, 11) is 0. The molecule has 0 aliphatic rings. The number of nitro groups is 1. The molecule has 8 nitrogen and oxygen atoms in total. The van der Waals surface area contributed by atoms with Gasteiger partial charge in [-0.25, -0.2) is 4.98 Å². The van der Waals surface area contributed by atoms with Gasteiger partial charge in [-0.05, 0) is 6.07 Å². The Balaban J connectivity index is 2.46. The molecule has 2 rings (SSSR count). The molecule has 1 aromatic heterocycles. The van der Waals surface area contributed by atoms with E-state index in [4.69, 9.17) is 5.73 Å². The van der Waals surface area contributed by atoms with Crippen LogP contribution >= 0.6 is 0 Å². The van der Waals surface area contributed by atoms with Gasteiger partial charge in [-0.1, -0.05) is 12.1 Å². The summed E-state index contributed by atoms with van der Waals surface area (Å²) in [6, 6.07) is 5.70. The summed E-state index contributed by atoms with van der Waals surface area (Å²) in [5.74, 6) is -0.792. The Morgan fingerprint density at radius 1 is 1.35 bits per heavy atom. The number of benzene rings is 1. The van der Waals surface area contributed by atoms with Gasteiger partial charge in [0, 0.05) is 12.1 Å². The van der Waals surface area contributed by atoms with Crippen LogP contribution in [0.2, 0.25) is 0 Å². The third-order valence-electron chi connectivity index (χ3n) is 2.66. The molecule has 0 radical (unpaired) electrons. The Morgan fingerprint density at radius 3 is 2.57 bits per heavy atom. The molecule has 1 heterocycles. The molecule has 0 unspecified atom stereocenters. The number of nitrogens with zero attached hydrogens (tertiary/aromatic N) is 4. The van der Waals surface area contributed by atoms with Crippen molar-refractivity contribution in [2.24, 2.45) is 5.10 Å². The van der Waals surface area contributed by atoms with E-state index in [1.165, 1.54) is 24.3 Å². The number of alkyl halides is 3. The van der Waals surface area contributed by atoms with Crippen LogP contribution in [-0.4, -0.2) is 20.8 Å². The van der Waals surface area contributed by atoms with Gasteiger partial charge in [-0.15, -0.1) is 0 Å². The zero-order valence-electron chi connectivity index (χ0n) is 11.2. The number of halogens is 3. The zero-order chi connectivity index (χ0) is 17.2. The van der Waals surface area contributed by atoms with E-state index < -0.39 is 28.3 Å². The number of nitro benzene ring substituents is 1. The highest BCUT2D eigenvalue weighted by Gasteiger charge is 2.33. The lowest BCUT2D eigenvalue weighted by Crippen LogP contribution is -2.24. The Hall–Kier alpha value is -3.24. The van der Waals surface area contributed by atoms with Crippen molar-refractivity contribution in [3.8, 4) is 0 Å². The first-order chi connectivity index (χ1) is 10.7. The Morgan fingerprint density at radius 2 is 2.00 bits per heavy atom. The molecule has 1 aromatic carbocycles. The zero-order valence-corrected chi connectivity index (χ0v) is 11.2. The molecule has 2 aromatic rings. The maximum Gasteiger partial charge on any atom is 0.433 e. The monoisotopic (exact) mass is 327 g/mol. The lowest BCUT2D eigenvalue weighted by Gasteiger charge is -2.07. The number of hydrogen-bond acceptors (Lipinski definition) is 6. The molecule has 0 atom stereocenters. The summed E-state index contributed by atoms with van der Waals surface area (Å²) in [5, 5.41) is 14.4. The van der Waals surface area contributed by atoms with Crippen molar-refractivity contribution in [3.05, 3.63) is 62.1 Å². The minimum absolute atomic E-state index is 0.0451. The van der Waals surface area contributed by atoms with Gasteiger partial charge in [0.2, 0.25) is 5.95 Å². The molecular weight excluding hydrogens is 319 g/mol. The molecule has 0 bridgehead atoms. The highest BCUT2D eigenvalue weighted by atomic mass is 19.4. The topological polar surface area (TPSA) is 116 Å². The summed E-state index contributed by atoms with van der Waals surface area (Å²) in [6.45, 7) is 0. The summed E-state index contributed by atoms with van der Waals surface area (Å²) in [5.41, 5.74) is 2.43. The molecule has 0 amide bonds. The van der Waals surface area contributed by atoms with Crippen LogP contribution in [0.5, 0.6) is 0 Å². The van der Waals surface area contributed by atoms with Crippen LogP contribution in [0.1, 0.15) is 11.3 Å². The van der Waals surface area contributed by atoms with E-state index in [0.29, 0.717) is 4.68 Å². The van der Waals surface area contributed by atoms with E-state index in [2.05, 4.69) is 10.1 Å². The van der Waals surface area contributed by atoms with E-state index in [9.17, 15) is 28.1 Å². The minimum Gasteiger partial charge on any atom is -0.368 e. The van der Waals surface area contributed by atoms with Gasteiger partial charge in [0.15, 0.2) is 5.69 Å². The molecule has 0 saturated heterocycles. The van der Waals surface area contributed by atoms with Gasteiger partial charge in [-0.3, -0.25) is 14.9 Å². The number of para-hydroxylation sites is 1. The molecule has 120 valence electrons. The van der Waals surface area contributed by atoms with E-state index in [-0.39, 0.29) is 17.3 Å². The van der Waals surface area contributed by atoms with Crippen LogP contribution < -0.4 is 11.3 Å². The van der Waals surface area contributed by atoms with Gasteiger partial charge >= 0.3 is 6.18 Å². The summed E-state index contributed by atoms with van der Waals surface area (Å²) in [6.07, 6.45) is -3.89. The molecular formula is C12H8F3N5O3. The Labute approximate surface area is 125 Å². The van der Waals surface area contributed by atoms with Crippen LogP contribution in [-0.2, 0) is 6.18 Å². The third kappa shape index (κ3) is 3.51. The van der Waals surface area contributed by atoms with Crippen LogP contribution in [0.15, 0.2) is 40.2 Å². The summed E-state index contributed by atoms with van der Waals surface area (Å²) >= 11 is 0. The predicted octanol–water partition coefficient (Wildman–Crippen LogP) is 1.63. The first-order valence-electron chi connectivity index (χ1n) is 5.94. The number of nitrogens with two attached hydrogens (primary N) is 1. The average molecular weight is 327 g/mol. The predicted molar refractivity (Wildman–Crippen MR) is 74.0 cm³/mol. The highest BCUT2D eigenvalue weighted by molar-refractivity contribution is 5.85. The second-order valence-electron chi connectivity index (χ2n) is 4.21. The molecule has 0 spiro atoms. The lowest BCUT2D eigenvalue weighted by molar-refractivity contribution is -0.385. The van der Waals surface area contributed by atoms with Gasteiger partial charge in [0.25, 0.3) is 11.2 Å². The van der Waals surface area contributed by atoms with Crippen LogP contribution in [0.25, 0.3) is 0 Å². The maximum atomic E-state index is 12.5. The lowest BCUT2D eigenvalue weighted by atomic mass is 10.2. The van der Waals surface area contributed by atoms with Gasteiger partial charge in [0.05, 0.1) is 16.7 Å². The molecule has 0 aliphatic carbocycles. The molecule has 2 N–H and O–H groups in total. The smallest absolute Gasteiger partial charge is 0.368 e. The van der Waals surface area contributed by atoms with Crippen LogP contribution in [0.4, 0.5) is 24.8 Å². The third-order valence-corrected chi connectivity index (χ3v) is 2.66. The standard InChI is InChI=1S/C12H8F3N5O3/c13-12(14,15)9-5-10(21)19(11(16)18-9)17-6-7-3-1-2-4-8(7)20(22)23/h1-6H,(H2,16,18)/b17-6+. The van der Waals surface area contributed by atoms with Gasteiger partial charge in [-0.2, -0.15) is 22.9 Å². The summed E-state index contributed by atoms with van der Waals surface area (Å²) < 4.78 is 37.9. The van der Waals surface area contributed by atoms with Gasteiger partial charge in [0.1, 0.15) is 0 Å². The van der Waals surface area contributed by atoms with Gasteiger partial charge < -0.3 is 5.73 Å². The fraction of sp³-hybridized carbons (Fsp3) is 0.0833. The van der Waals surface area contributed by atoms with Crippen molar-refractivity contribution in [2.45, 2.75) is 6.18 Å². The average Bonchev–Trinajstić information content (AvgIpc) is 2.45. The number of rotatable bonds is 3. The molecule has 11 heteroatoms. The fourth-order valence-electron chi connectivity index (χ4n) is 1.64. The number of hydrogen-bond donors (Lipinski definition) is 1. The molecule has 23 heavy (non-hydrogen) atoms. The van der Waals surface area contributed by atoms with Crippen molar-refractivity contribution in [1.29, 1.82) is 0 Å². The van der Waals surface area contributed by atoms with E-state index in [0.717, 1.165) is 6.21 Å². The normalized spacial score (nSPS) is 11.8. The van der Waals surface area contributed by atoms with Crippen molar-refractivity contribution in [3.63, 3.8) is 0 Å². The highest BCUT2D eigenvalue weighted by Crippen LogP contribution is 2.26. The minimum atomic E-state index is -4.83. The van der Waals surface area contributed by atoms with Crippen molar-refractivity contribution in [1.82, 2.24) is 9.66 Å². The molecule has 0 saturated carbocycles. The Kier molecular flexibility index (Phi) is 4.12. The van der Waals surface area contributed by atoms with Crippen LogP contribution in [0.3, 0.4) is 0 Å². The fourth-order valence-corrected chi connectivity index (χ4v) is 1.64. The Bertz CT molecular complexity index is 845. The number of nitrogen functional groups attached to an aromatic ring is 1. The van der Waals surface area contributed by atoms with E-state index in [1.54, 1.807) is 0 Å². The number of aromatic nitrogens is 2.